The van der Waals surface area contributed by atoms with Gasteiger partial charge in [-0.15, -0.1) is 0 Å². The molecule has 0 aliphatic carbocycles. The van der Waals surface area contributed by atoms with Crippen LogP contribution < -0.4 is 10.6 Å². The van der Waals surface area contributed by atoms with Crippen LogP contribution in [0.25, 0.3) is 0 Å². The molecule has 0 spiro atoms. The molecule has 1 fully saturated rings. The fourth-order valence-corrected chi connectivity index (χ4v) is 2.33. The molecule has 1 aliphatic heterocycles. The van der Waals surface area contributed by atoms with Crippen molar-refractivity contribution in [2.75, 3.05) is 25.1 Å². The number of anilines is 1. The van der Waals surface area contributed by atoms with Gasteiger partial charge in [-0.05, 0) is 50.2 Å². The Kier molecular flexibility index (Phi) is 5.95. The zero-order chi connectivity index (χ0) is 15.1. The molecule has 0 amide bonds. The van der Waals surface area contributed by atoms with Gasteiger partial charge in [0.2, 0.25) is 0 Å². The van der Waals surface area contributed by atoms with Gasteiger partial charge in [0.15, 0.2) is 5.11 Å². The van der Waals surface area contributed by atoms with Crippen LogP contribution in [0.1, 0.15) is 30.1 Å². The maximum absolute atomic E-state index is 11.7. The number of rotatable bonds is 5. The summed E-state index contributed by atoms with van der Waals surface area (Å²) in [4.78, 5) is 11.7. The second-order valence-corrected chi connectivity index (χ2v) is 5.18. The fourth-order valence-electron chi connectivity index (χ4n) is 2.13. The monoisotopic (exact) mass is 308 g/mol. The smallest absolute Gasteiger partial charge is 0.338 e. The predicted molar refractivity (Wildman–Crippen MR) is 85.6 cm³/mol. The number of hydrogen-bond acceptors (Lipinski definition) is 4. The summed E-state index contributed by atoms with van der Waals surface area (Å²) in [6.45, 7) is 3.67. The first kappa shape index (κ1) is 15.7. The highest BCUT2D eigenvalue weighted by Crippen LogP contribution is 2.13. The van der Waals surface area contributed by atoms with Crippen LogP contribution in [0.15, 0.2) is 24.3 Å². The van der Waals surface area contributed by atoms with Crippen LogP contribution in [0, 0.1) is 0 Å². The van der Waals surface area contributed by atoms with E-state index in [1.807, 2.05) is 6.07 Å². The van der Waals surface area contributed by atoms with E-state index in [-0.39, 0.29) is 12.1 Å². The molecule has 21 heavy (non-hydrogen) atoms. The lowest BCUT2D eigenvalue weighted by Gasteiger charge is -2.14. The van der Waals surface area contributed by atoms with Gasteiger partial charge in [-0.25, -0.2) is 4.79 Å². The van der Waals surface area contributed by atoms with Gasteiger partial charge in [-0.2, -0.15) is 0 Å². The fraction of sp³-hybridized carbons (Fsp3) is 0.467. The van der Waals surface area contributed by atoms with E-state index in [1.165, 1.54) is 0 Å². The summed E-state index contributed by atoms with van der Waals surface area (Å²) in [6.07, 6.45) is 2.40. The highest BCUT2D eigenvalue weighted by molar-refractivity contribution is 7.80. The molecule has 1 saturated heterocycles. The predicted octanol–water partition coefficient (Wildman–Crippen LogP) is 2.33. The van der Waals surface area contributed by atoms with Gasteiger partial charge in [-0.3, -0.25) is 0 Å². The topological polar surface area (TPSA) is 59.6 Å². The molecule has 0 aromatic heterocycles. The Balaban J connectivity index is 1.85. The van der Waals surface area contributed by atoms with Crippen molar-refractivity contribution in [3.63, 3.8) is 0 Å². The first-order valence-electron chi connectivity index (χ1n) is 7.12. The molecule has 1 aromatic rings. The Bertz CT molecular complexity index is 501. The number of ether oxygens (including phenoxy) is 2. The molecule has 6 heteroatoms. The highest BCUT2D eigenvalue weighted by Gasteiger charge is 2.15. The van der Waals surface area contributed by atoms with Crippen molar-refractivity contribution in [2.24, 2.45) is 0 Å². The molecular formula is C15H20N2O3S. The Morgan fingerprint density at radius 3 is 3.10 bits per heavy atom. The summed E-state index contributed by atoms with van der Waals surface area (Å²) in [6, 6.07) is 7.07. The number of thiocarbonyl (C=S) groups is 1. The minimum atomic E-state index is -0.334. The Labute approximate surface area is 130 Å². The molecule has 1 aliphatic rings. The summed E-state index contributed by atoms with van der Waals surface area (Å²) in [7, 11) is 0. The summed E-state index contributed by atoms with van der Waals surface area (Å²) in [5.41, 5.74) is 1.26. The van der Waals surface area contributed by atoms with Crippen LogP contribution in [0.5, 0.6) is 0 Å². The van der Waals surface area contributed by atoms with Crippen LogP contribution >= 0.6 is 12.2 Å². The molecule has 1 heterocycles. The molecule has 0 radical (unpaired) electrons. The number of carbonyl (C=O) groups is 1. The maximum Gasteiger partial charge on any atom is 0.338 e. The second-order valence-electron chi connectivity index (χ2n) is 4.77. The molecule has 0 saturated carbocycles. The van der Waals surface area contributed by atoms with E-state index >= 15 is 0 Å². The van der Waals surface area contributed by atoms with E-state index in [0.29, 0.717) is 23.8 Å². The molecule has 0 unspecified atom stereocenters. The van der Waals surface area contributed by atoms with Gasteiger partial charge in [0.25, 0.3) is 0 Å². The van der Waals surface area contributed by atoms with E-state index in [0.717, 1.165) is 25.1 Å². The third-order valence-electron chi connectivity index (χ3n) is 3.15. The van der Waals surface area contributed by atoms with Crippen LogP contribution in [0.3, 0.4) is 0 Å². The zero-order valence-electron chi connectivity index (χ0n) is 12.1. The third-order valence-corrected chi connectivity index (χ3v) is 3.39. The summed E-state index contributed by atoms with van der Waals surface area (Å²) < 4.78 is 10.5. The first-order valence-corrected chi connectivity index (χ1v) is 7.53. The Morgan fingerprint density at radius 2 is 2.38 bits per heavy atom. The summed E-state index contributed by atoms with van der Waals surface area (Å²) in [5.74, 6) is -0.334. The molecular weight excluding hydrogens is 288 g/mol. The molecule has 0 bridgehead atoms. The van der Waals surface area contributed by atoms with Gasteiger partial charge < -0.3 is 20.1 Å². The SMILES string of the molecule is CCOC(=O)c1cccc(NC(=S)NC[C@@H]2CCCO2)c1. The van der Waals surface area contributed by atoms with E-state index in [9.17, 15) is 4.79 Å². The van der Waals surface area contributed by atoms with Crippen molar-refractivity contribution < 1.29 is 14.3 Å². The van der Waals surface area contributed by atoms with E-state index in [4.69, 9.17) is 21.7 Å². The normalized spacial score (nSPS) is 17.3. The molecule has 1 atom stereocenters. The average Bonchev–Trinajstić information content (AvgIpc) is 2.99. The number of esters is 1. The van der Waals surface area contributed by atoms with Crippen LogP contribution in [-0.2, 0) is 9.47 Å². The largest absolute Gasteiger partial charge is 0.462 e. The first-order chi connectivity index (χ1) is 10.2. The van der Waals surface area contributed by atoms with Crippen molar-refractivity contribution in [2.45, 2.75) is 25.9 Å². The highest BCUT2D eigenvalue weighted by atomic mass is 32.1. The number of hydrogen-bond donors (Lipinski definition) is 2. The average molecular weight is 308 g/mol. The second kappa shape index (κ2) is 7.95. The number of benzene rings is 1. The molecule has 2 rings (SSSR count). The Morgan fingerprint density at radius 1 is 1.52 bits per heavy atom. The molecule has 5 nitrogen and oxygen atoms in total. The molecule has 114 valence electrons. The van der Waals surface area contributed by atoms with Crippen molar-refractivity contribution in [1.82, 2.24) is 5.32 Å². The van der Waals surface area contributed by atoms with Crippen molar-refractivity contribution in [1.29, 1.82) is 0 Å². The number of carbonyl (C=O) groups excluding carboxylic acids is 1. The lowest BCUT2D eigenvalue weighted by atomic mass is 10.2. The van der Waals surface area contributed by atoms with Crippen LogP contribution in [0.4, 0.5) is 5.69 Å². The van der Waals surface area contributed by atoms with Gasteiger partial charge in [0.1, 0.15) is 0 Å². The summed E-state index contributed by atoms with van der Waals surface area (Å²) in [5, 5.41) is 6.71. The minimum absolute atomic E-state index is 0.232. The zero-order valence-corrected chi connectivity index (χ0v) is 12.9. The third kappa shape index (κ3) is 4.99. The van der Waals surface area contributed by atoms with Crippen molar-refractivity contribution in [3.05, 3.63) is 29.8 Å². The molecule has 1 aromatic carbocycles. The van der Waals surface area contributed by atoms with Crippen molar-refractivity contribution in [3.8, 4) is 0 Å². The minimum Gasteiger partial charge on any atom is -0.462 e. The van der Waals surface area contributed by atoms with Crippen LogP contribution in [-0.4, -0.2) is 36.9 Å². The van der Waals surface area contributed by atoms with E-state index < -0.39 is 0 Å². The Hall–Kier alpha value is -1.66. The lowest BCUT2D eigenvalue weighted by Crippen LogP contribution is -2.34. The van der Waals surface area contributed by atoms with Gasteiger partial charge >= 0.3 is 5.97 Å². The van der Waals surface area contributed by atoms with Gasteiger partial charge in [0.05, 0.1) is 18.3 Å². The maximum atomic E-state index is 11.7. The van der Waals surface area contributed by atoms with E-state index in [1.54, 1.807) is 25.1 Å². The molecule has 2 N–H and O–H groups in total. The van der Waals surface area contributed by atoms with Gasteiger partial charge in [-0.1, -0.05) is 6.07 Å². The van der Waals surface area contributed by atoms with Gasteiger partial charge in [0, 0.05) is 18.8 Å². The lowest BCUT2D eigenvalue weighted by molar-refractivity contribution is 0.0526. The standard InChI is InChI=1S/C15H20N2O3S/c1-2-19-14(18)11-5-3-6-12(9-11)17-15(21)16-10-13-7-4-8-20-13/h3,5-6,9,13H,2,4,7-8,10H2,1H3,(H2,16,17,21)/t13-/m0/s1. The number of nitrogens with one attached hydrogen (secondary N) is 2. The van der Waals surface area contributed by atoms with E-state index in [2.05, 4.69) is 10.6 Å². The quantitative estimate of drug-likeness (QED) is 0.643. The van der Waals surface area contributed by atoms with Crippen LogP contribution in [0.2, 0.25) is 0 Å². The van der Waals surface area contributed by atoms with Crippen molar-refractivity contribution >= 4 is 29.0 Å². The summed E-state index contributed by atoms with van der Waals surface area (Å²) >= 11 is 5.24.